The van der Waals surface area contributed by atoms with Crippen LogP contribution in [0.4, 0.5) is 0 Å². The maximum atomic E-state index is 2.53. The summed E-state index contributed by atoms with van der Waals surface area (Å²) in [6.07, 6.45) is 7.49. The Bertz CT molecular complexity index is 348. The highest BCUT2D eigenvalue weighted by Crippen LogP contribution is 2.44. The molecule has 1 aromatic heterocycles. The molecule has 0 aromatic carbocycles. The molecule has 0 amide bonds. The quantitative estimate of drug-likeness (QED) is 0.693. The third kappa shape index (κ3) is 2.34. The topological polar surface area (TPSA) is 4.93 Å². The van der Waals surface area contributed by atoms with Gasteiger partial charge in [0.2, 0.25) is 0 Å². The van der Waals surface area contributed by atoms with Gasteiger partial charge in [-0.15, -0.1) is 0 Å². The van der Waals surface area contributed by atoms with Gasteiger partial charge in [-0.1, -0.05) is 27.7 Å². The van der Waals surface area contributed by atoms with Crippen molar-refractivity contribution in [1.82, 2.24) is 4.57 Å². The molecule has 1 fully saturated rings. The van der Waals surface area contributed by atoms with Crippen molar-refractivity contribution in [2.24, 2.45) is 11.3 Å². The molecule has 1 aliphatic carbocycles. The van der Waals surface area contributed by atoms with E-state index in [2.05, 4.69) is 50.6 Å². The van der Waals surface area contributed by atoms with Gasteiger partial charge < -0.3 is 4.57 Å². The number of hydrogen-bond donors (Lipinski definition) is 0. The van der Waals surface area contributed by atoms with Crippen LogP contribution in [0.3, 0.4) is 0 Å². The van der Waals surface area contributed by atoms with Gasteiger partial charge in [0, 0.05) is 17.9 Å². The molecule has 0 spiro atoms. The monoisotopic (exact) mass is 219 g/mol. The van der Waals surface area contributed by atoms with Crippen LogP contribution < -0.4 is 0 Å². The van der Waals surface area contributed by atoms with E-state index in [0.29, 0.717) is 5.41 Å². The number of rotatable bonds is 2. The molecule has 16 heavy (non-hydrogen) atoms. The first-order chi connectivity index (χ1) is 7.52. The van der Waals surface area contributed by atoms with Gasteiger partial charge in [0.15, 0.2) is 0 Å². The van der Waals surface area contributed by atoms with Crippen LogP contribution in [0.25, 0.3) is 0 Å². The van der Waals surface area contributed by atoms with Gasteiger partial charge in [0.25, 0.3) is 0 Å². The van der Waals surface area contributed by atoms with E-state index in [4.69, 9.17) is 0 Å². The van der Waals surface area contributed by atoms with E-state index < -0.39 is 0 Å². The largest absolute Gasteiger partial charge is 0.348 e. The first-order valence-electron chi connectivity index (χ1n) is 6.67. The molecule has 1 saturated carbocycles. The first kappa shape index (κ1) is 11.8. The molecule has 1 nitrogen and oxygen atoms in total. The minimum atomic E-state index is 0.512. The zero-order valence-electron chi connectivity index (χ0n) is 11.2. The minimum absolute atomic E-state index is 0.512. The molecule has 90 valence electrons. The van der Waals surface area contributed by atoms with Crippen LogP contribution in [0.15, 0.2) is 18.3 Å². The average Bonchev–Trinajstić information content (AvgIpc) is 2.61. The normalized spacial score (nSPS) is 29.2. The van der Waals surface area contributed by atoms with Crippen LogP contribution in [-0.4, -0.2) is 4.57 Å². The molecule has 1 aromatic rings. The summed E-state index contributed by atoms with van der Waals surface area (Å²) in [6, 6.07) is 5.20. The molecule has 1 aliphatic rings. The van der Waals surface area contributed by atoms with E-state index in [9.17, 15) is 0 Å². The third-order valence-electron chi connectivity index (χ3n) is 3.99. The summed E-state index contributed by atoms with van der Waals surface area (Å²) in [4.78, 5) is 0. The lowest BCUT2D eigenvalue weighted by molar-refractivity contribution is 0.136. The average molecular weight is 219 g/mol. The smallest absolute Gasteiger partial charge is 0.0340 e. The van der Waals surface area contributed by atoms with Crippen LogP contribution in [-0.2, 0) is 6.42 Å². The van der Waals surface area contributed by atoms with Crippen molar-refractivity contribution in [3.8, 4) is 0 Å². The van der Waals surface area contributed by atoms with E-state index in [1.165, 1.54) is 25.0 Å². The highest BCUT2D eigenvalue weighted by atomic mass is 15.0. The molecular weight excluding hydrogens is 194 g/mol. The van der Waals surface area contributed by atoms with Crippen molar-refractivity contribution in [2.45, 2.75) is 59.4 Å². The zero-order valence-corrected chi connectivity index (χ0v) is 11.2. The Kier molecular flexibility index (Phi) is 3.14. The molecule has 0 aliphatic heterocycles. The molecule has 2 atom stereocenters. The Hall–Kier alpha value is -0.720. The zero-order chi connectivity index (χ0) is 11.8. The molecule has 1 heteroatoms. The van der Waals surface area contributed by atoms with Crippen LogP contribution in [0.1, 0.15) is 58.7 Å². The number of nitrogens with zero attached hydrogens (tertiary/aromatic N) is 1. The lowest BCUT2D eigenvalue weighted by Crippen LogP contribution is -2.29. The van der Waals surface area contributed by atoms with Crippen molar-refractivity contribution in [3.63, 3.8) is 0 Å². The fourth-order valence-electron chi connectivity index (χ4n) is 3.59. The summed E-state index contributed by atoms with van der Waals surface area (Å²) >= 11 is 0. The predicted octanol–water partition coefficient (Wildman–Crippen LogP) is 4.44. The van der Waals surface area contributed by atoms with E-state index in [1.54, 1.807) is 0 Å². The molecule has 0 bridgehead atoms. The van der Waals surface area contributed by atoms with Crippen LogP contribution in [0.2, 0.25) is 0 Å². The summed E-state index contributed by atoms with van der Waals surface area (Å²) in [5, 5.41) is 0. The Balaban J connectivity index is 2.21. The molecule has 2 unspecified atom stereocenters. The number of hydrogen-bond acceptors (Lipinski definition) is 0. The van der Waals surface area contributed by atoms with Gasteiger partial charge in [0.1, 0.15) is 0 Å². The highest BCUT2D eigenvalue weighted by molar-refractivity contribution is 5.09. The van der Waals surface area contributed by atoms with Crippen LogP contribution in [0.5, 0.6) is 0 Å². The Labute approximate surface area is 99.9 Å². The molecule has 0 saturated heterocycles. The van der Waals surface area contributed by atoms with Gasteiger partial charge in [-0.2, -0.15) is 0 Å². The van der Waals surface area contributed by atoms with E-state index in [1.807, 2.05) is 0 Å². The fraction of sp³-hybridized carbons (Fsp3) is 0.733. The van der Waals surface area contributed by atoms with Crippen molar-refractivity contribution in [3.05, 3.63) is 24.0 Å². The van der Waals surface area contributed by atoms with E-state index in [-0.39, 0.29) is 0 Å². The van der Waals surface area contributed by atoms with Gasteiger partial charge in [-0.3, -0.25) is 0 Å². The standard InChI is InChI=1S/C15H25N/c1-5-13-7-6-8-16(13)14-9-12(2)10-15(3,4)11-14/h6-8,12,14H,5,9-11H2,1-4H3. The highest BCUT2D eigenvalue weighted by Gasteiger charge is 2.32. The van der Waals surface area contributed by atoms with Crippen molar-refractivity contribution >= 4 is 0 Å². The Morgan fingerprint density at radius 2 is 2.12 bits per heavy atom. The summed E-state index contributed by atoms with van der Waals surface area (Å²) < 4.78 is 2.53. The lowest BCUT2D eigenvalue weighted by Gasteiger charge is -2.40. The van der Waals surface area contributed by atoms with Crippen molar-refractivity contribution < 1.29 is 0 Å². The van der Waals surface area contributed by atoms with Gasteiger partial charge in [-0.25, -0.2) is 0 Å². The lowest BCUT2D eigenvalue weighted by atomic mass is 9.70. The summed E-state index contributed by atoms with van der Waals surface area (Å²) in [5.41, 5.74) is 2.01. The van der Waals surface area contributed by atoms with Crippen molar-refractivity contribution in [2.75, 3.05) is 0 Å². The molecule has 2 rings (SSSR count). The molecule has 0 radical (unpaired) electrons. The maximum absolute atomic E-state index is 2.53. The number of aryl methyl sites for hydroxylation is 1. The SMILES string of the molecule is CCc1cccn1C1CC(C)CC(C)(C)C1. The molecule has 0 N–H and O–H groups in total. The predicted molar refractivity (Wildman–Crippen MR) is 69.6 cm³/mol. The fourth-order valence-corrected chi connectivity index (χ4v) is 3.59. The number of aromatic nitrogens is 1. The third-order valence-corrected chi connectivity index (χ3v) is 3.99. The molecular formula is C15H25N. The van der Waals surface area contributed by atoms with Crippen molar-refractivity contribution in [1.29, 1.82) is 0 Å². The summed E-state index contributed by atoms with van der Waals surface area (Å²) in [6.45, 7) is 9.50. The second-order valence-electron chi connectivity index (χ2n) is 6.33. The van der Waals surface area contributed by atoms with Gasteiger partial charge >= 0.3 is 0 Å². The molecule has 1 heterocycles. The second kappa shape index (κ2) is 4.27. The summed E-state index contributed by atoms with van der Waals surface area (Å²) in [7, 11) is 0. The maximum Gasteiger partial charge on any atom is 0.0340 e. The minimum Gasteiger partial charge on any atom is -0.348 e. The van der Waals surface area contributed by atoms with Gasteiger partial charge in [-0.05, 0) is 49.1 Å². The Morgan fingerprint density at radius 3 is 2.75 bits per heavy atom. The first-order valence-corrected chi connectivity index (χ1v) is 6.67. The van der Waals surface area contributed by atoms with E-state index >= 15 is 0 Å². The van der Waals surface area contributed by atoms with Crippen LogP contribution in [0, 0.1) is 11.3 Å². The van der Waals surface area contributed by atoms with Gasteiger partial charge in [0.05, 0.1) is 0 Å². The Morgan fingerprint density at radius 1 is 1.38 bits per heavy atom. The summed E-state index contributed by atoms with van der Waals surface area (Å²) in [5.74, 6) is 0.862. The van der Waals surface area contributed by atoms with Crippen LogP contribution >= 0.6 is 0 Å². The van der Waals surface area contributed by atoms with E-state index in [0.717, 1.165) is 18.4 Å². The second-order valence-corrected chi connectivity index (χ2v) is 6.33.